The van der Waals surface area contributed by atoms with Gasteiger partial charge in [-0.2, -0.15) is 0 Å². The number of hydrogen-bond acceptors (Lipinski definition) is 3. The van der Waals surface area contributed by atoms with Crippen molar-refractivity contribution >= 4 is 11.0 Å². The van der Waals surface area contributed by atoms with Gasteiger partial charge in [-0.25, -0.2) is 4.98 Å². The van der Waals surface area contributed by atoms with E-state index in [1.54, 1.807) is 19.1 Å². The zero-order valence-electron chi connectivity index (χ0n) is 50.3. The molecule has 318 valence electrons. The molecular weight excluding hydrogens is 779 g/mol. The Labute approximate surface area is 397 Å². The molecule has 0 atom stereocenters. The van der Waals surface area contributed by atoms with Gasteiger partial charge < -0.3 is 5.11 Å². The van der Waals surface area contributed by atoms with Crippen LogP contribution in [-0.2, 0) is 10.8 Å². The van der Waals surface area contributed by atoms with Crippen LogP contribution >= 0.6 is 0 Å². The van der Waals surface area contributed by atoms with Gasteiger partial charge in [0.25, 0.3) is 0 Å². The maximum atomic E-state index is 12.0. The van der Waals surface area contributed by atoms with E-state index in [1.165, 1.54) is 0 Å². The first-order valence-corrected chi connectivity index (χ1v) is 21.3. The average Bonchev–Trinajstić information content (AvgIpc) is 3.77. The van der Waals surface area contributed by atoms with Crippen molar-refractivity contribution in [2.24, 2.45) is 0 Å². The number of imidazole rings is 1. The predicted octanol–water partition coefficient (Wildman–Crippen LogP) is 16.0. The van der Waals surface area contributed by atoms with Gasteiger partial charge in [0.1, 0.15) is 11.6 Å². The molecule has 0 spiro atoms. The maximum absolute atomic E-state index is 12.0. The number of pyridine rings is 1. The molecule has 0 unspecified atom stereocenters. The molecule has 0 saturated heterocycles. The fourth-order valence-corrected chi connectivity index (χ4v) is 8.27. The summed E-state index contributed by atoms with van der Waals surface area (Å²) in [6.07, 6.45) is -0.609. The van der Waals surface area contributed by atoms with Crippen molar-refractivity contribution in [1.82, 2.24) is 14.5 Å². The van der Waals surface area contributed by atoms with E-state index in [1.807, 2.05) is 135 Å². The highest BCUT2D eigenvalue weighted by atomic mass is 16.3. The summed E-state index contributed by atoms with van der Waals surface area (Å²) in [7, 11) is 0. The van der Waals surface area contributed by atoms with Gasteiger partial charge in [0.2, 0.25) is 0 Å². The van der Waals surface area contributed by atoms with Gasteiger partial charge in [0.15, 0.2) is 0 Å². The molecule has 4 heteroatoms. The van der Waals surface area contributed by atoms with Crippen molar-refractivity contribution in [3.63, 3.8) is 0 Å². The number of rotatable bonds is 7. The van der Waals surface area contributed by atoms with Crippen LogP contribution in [0, 0.1) is 27.6 Å². The van der Waals surface area contributed by atoms with E-state index < -0.39 is 78.2 Å². The molecule has 1 N–H and O–H groups in total. The Balaban J connectivity index is 1.36. The first-order valence-electron chi connectivity index (χ1n) is 27.8. The first-order chi connectivity index (χ1) is 35.9. The Morgan fingerprint density at radius 2 is 1.27 bits per heavy atom. The summed E-state index contributed by atoms with van der Waals surface area (Å²) >= 11 is 0. The Morgan fingerprint density at radius 1 is 0.547 bits per heavy atom. The monoisotopic (exact) mass is 849 g/mol. The van der Waals surface area contributed by atoms with E-state index in [0.29, 0.717) is 61.5 Å². The van der Waals surface area contributed by atoms with Crippen LogP contribution < -0.4 is 0 Å². The summed E-state index contributed by atoms with van der Waals surface area (Å²) in [5.74, 6) is 0.316. The zero-order valence-corrected chi connectivity index (χ0v) is 37.3. The van der Waals surface area contributed by atoms with E-state index in [0.717, 1.165) is 27.8 Å². The summed E-state index contributed by atoms with van der Waals surface area (Å²) in [6.45, 7) is 10.5. The molecule has 2 aromatic heterocycles. The Kier molecular flexibility index (Phi) is 7.46. The number of hydrogen-bond donors (Lipinski definition) is 1. The molecule has 9 rings (SSSR count). The molecule has 4 nitrogen and oxygen atoms in total. The molecule has 0 bridgehead atoms. The second kappa shape index (κ2) is 16.3. The molecule has 9 aromatic rings. The minimum absolute atomic E-state index is 0.0118. The number of aromatic nitrogens is 3. The number of phenols is 1. The van der Waals surface area contributed by atoms with E-state index in [-0.39, 0.29) is 22.4 Å². The average molecular weight is 849 g/mol. The molecular formula is C60H57N3O. The quantitative estimate of drug-likeness (QED) is 0.174. The largest absolute Gasteiger partial charge is 0.507 e. The topological polar surface area (TPSA) is 50.9 Å². The second-order valence-electron chi connectivity index (χ2n) is 18.5. The normalized spacial score (nSPS) is 15.3. The van der Waals surface area contributed by atoms with Gasteiger partial charge in [0, 0.05) is 31.1 Å². The Bertz CT molecular complexity index is 3820. The summed E-state index contributed by atoms with van der Waals surface area (Å²) in [6, 6.07) is 31.9. The predicted molar refractivity (Wildman–Crippen MR) is 269 cm³/mol. The fourth-order valence-electron chi connectivity index (χ4n) is 8.27. The van der Waals surface area contributed by atoms with Crippen LogP contribution in [0.3, 0.4) is 0 Å². The Morgan fingerprint density at radius 3 is 1.97 bits per heavy atom. The molecule has 0 aliphatic heterocycles. The van der Waals surface area contributed by atoms with E-state index in [4.69, 9.17) is 21.4 Å². The van der Waals surface area contributed by atoms with Crippen molar-refractivity contribution in [2.75, 3.05) is 0 Å². The zero-order chi connectivity index (χ0) is 56.2. The molecule has 0 radical (unpaired) electrons. The van der Waals surface area contributed by atoms with Gasteiger partial charge in [-0.1, -0.05) is 150 Å². The highest BCUT2D eigenvalue weighted by molar-refractivity contribution is 5.98. The molecule has 7 aromatic carbocycles. The van der Waals surface area contributed by atoms with Gasteiger partial charge in [-0.05, 0) is 148 Å². The van der Waals surface area contributed by atoms with Gasteiger partial charge in [0.05, 0.1) is 37.6 Å². The minimum atomic E-state index is -2.99. The van der Waals surface area contributed by atoms with Crippen molar-refractivity contribution in [2.45, 2.75) is 79.9 Å². The number of fused-ring (bicyclic) bond motifs is 1. The lowest BCUT2D eigenvalue weighted by Crippen LogP contribution is -2.11. The van der Waals surface area contributed by atoms with E-state index in [2.05, 4.69) is 25.8 Å². The SMILES string of the molecule is [2H]c1nc(-c2cc(-c3cccc4c3nc(-c3cc(C)cc(C)c3O)n4-c3cc(C([2H])([2H])[2H])c(-c4ccc(C(C)(C)C)cc4)cc3-c3ccccc3)cc(C(C)(C)C)c2)c([2H])c(-c2c([2H])c([2H])c(C([2H])([2H])[2H])c([2H])c2[2H])c1[2H]. The second-order valence-corrected chi connectivity index (χ2v) is 18.5. The standard InChI is InChI=1S/C60H57N3O/c1-37-19-21-41(22-20-37)44-27-28-61-53(35-44)46-32-45(33-48(34-46)60(8,9)10)49-17-14-18-54-56(49)62-58(52-30-38(2)29-40(4)57(52)64)63(54)55-31-39(3)50(36-51(55)42-15-12-11-13-16-42)43-23-25-47(26-24-43)59(5,6)7/h11-36,64H,1-10H3/i1D3,3D3,19D,20D,21D,22D,27D,28D,35D. The number of nitrogens with zero attached hydrogens (tertiary/aromatic N) is 3. The van der Waals surface area contributed by atoms with E-state index in [9.17, 15) is 6.48 Å². The molecule has 2 heterocycles. The van der Waals surface area contributed by atoms with Crippen molar-refractivity contribution in [1.29, 1.82) is 0 Å². The summed E-state index contributed by atoms with van der Waals surface area (Å²) in [4.78, 5) is 9.84. The Hall–Kier alpha value is -7.04. The lowest BCUT2D eigenvalue weighted by molar-refractivity contribution is 0.472. The molecule has 0 amide bonds. The highest BCUT2D eigenvalue weighted by Gasteiger charge is 2.25. The number of aromatic hydroxyl groups is 1. The van der Waals surface area contributed by atoms with Crippen LogP contribution in [0.1, 0.15) is 92.7 Å². The molecule has 0 aliphatic carbocycles. The van der Waals surface area contributed by atoms with Gasteiger partial charge >= 0.3 is 0 Å². The van der Waals surface area contributed by atoms with Crippen LogP contribution in [0.15, 0.2) is 158 Å². The minimum Gasteiger partial charge on any atom is -0.507 e. The third-order valence-corrected chi connectivity index (χ3v) is 11.7. The van der Waals surface area contributed by atoms with E-state index >= 15 is 0 Å². The molecule has 64 heavy (non-hydrogen) atoms. The van der Waals surface area contributed by atoms with Crippen LogP contribution in [0.25, 0.3) is 83.9 Å². The summed E-state index contributed by atoms with van der Waals surface area (Å²) < 4.78 is 115. The first kappa shape index (κ1) is 29.3. The summed E-state index contributed by atoms with van der Waals surface area (Å²) in [5, 5.41) is 12.0. The lowest BCUT2D eigenvalue weighted by Gasteiger charge is -2.22. The van der Waals surface area contributed by atoms with Gasteiger partial charge in [-0.15, -0.1) is 0 Å². The van der Waals surface area contributed by atoms with Gasteiger partial charge in [-0.3, -0.25) is 9.55 Å². The third kappa shape index (κ3) is 8.05. The van der Waals surface area contributed by atoms with Crippen molar-refractivity contribution < 1.29 is 22.9 Å². The van der Waals surface area contributed by atoms with Crippen molar-refractivity contribution in [3.05, 3.63) is 191 Å². The smallest absolute Gasteiger partial charge is 0.149 e. The molecule has 0 aliphatic rings. The van der Waals surface area contributed by atoms with Crippen molar-refractivity contribution in [3.8, 4) is 78.6 Å². The molecule has 0 saturated carbocycles. The van der Waals surface area contributed by atoms with Crippen LogP contribution in [-0.4, -0.2) is 19.6 Å². The van der Waals surface area contributed by atoms with Crippen LogP contribution in [0.4, 0.5) is 0 Å². The number of benzene rings is 7. The lowest BCUT2D eigenvalue weighted by atomic mass is 9.83. The maximum Gasteiger partial charge on any atom is 0.149 e. The molecule has 0 fully saturated rings. The third-order valence-electron chi connectivity index (χ3n) is 11.7. The number of para-hydroxylation sites is 1. The number of aryl methyl sites for hydroxylation is 3. The van der Waals surface area contributed by atoms with Crippen LogP contribution in [0.5, 0.6) is 5.75 Å². The number of phenolic OH excluding ortho intramolecular Hbond substituents is 1. The fraction of sp³-hybridized carbons (Fsp3) is 0.200. The van der Waals surface area contributed by atoms with Crippen LogP contribution in [0.2, 0.25) is 0 Å². The summed E-state index contributed by atoms with van der Waals surface area (Å²) in [5.41, 5.74) is 7.16. The highest BCUT2D eigenvalue weighted by Crippen LogP contribution is 2.44.